The quantitative estimate of drug-likeness (QED) is 0.135. The Labute approximate surface area is 207 Å². The lowest BCUT2D eigenvalue weighted by atomic mass is 10.0. The predicted molar refractivity (Wildman–Crippen MR) is 145 cm³/mol. The van der Waals surface area contributed by atoms with E-state index in [0.717, 1.165) is 73.3 Å². The van der Waals surface area contributed by atoms with Crippen molar-refractivity contribution in [2.24, 2.45) is 0 Å². The molecule has 0 aliphatic carbocycles. The molecule has 0 spiro atoms. The summed E-state index contributed by atoms with van der Waals surface area (Å²) in [4.78, 5) is 4.94. The summed E-state index contributed by atoms with van der Waals surface area (Å²) in [6, 6.07) is 10.1. The fourth-order valence-electron chi connectivity index (χ4n) is 3.98. The largest absolute Gasteiger partial charge is 0.504 e. The zero-order chi connectivity index (χ0) is 24.6. The van der Waals surface area contributed by atoms with Gasteiger partial charge in [0.25, 0.3) is 0 Å². The minimum absolute atomic E-state index is 0.0311. The zero-order valence-corrected chi connectivity index (χ0v) is 22.6. The van der Waals surface area contributed by atoms with Gasteiger partial charge in [0, 0.05) is 16.5 Å². The number of aromatic hydroxyl groups is 1. The third-order valence-corrected chi connectivity index (χ3v) is 9.56. The first-order chi connectivity index (χ1) is 16.4. The van der Waals surface area contributed by atoms with Crippen LogP contribution in [0, 0.1) is 0 Å². The van der Waals surface area contributed by atoms with Crippen LogP contribution >= 0.6 is 18.2 Å². The molecule has 34 heavy (non-hydrogen) atoms. The molecule has 0 saturated heterocycles. The van der Waals surface area contributed by atoms with Gasteiger partial charge in [-0.25, -0.2) is 9.55 Å². The summed E-state index contributed by atoms with van der Waals surface area (Å²) >= 11 is 1.20. The van der Waals surface area contributed by atoms with Gasteiger partial charge in [0.05, 0.1) is 17.6 Å². The standard InChI is InChI=1S/C27H38NO4PS/c1-5-9-10-15-31-33(30,34-16-8-4)32-25-19-22(12-7-3)26-23(27(25)29)18-21-14-13-20(11-6-2)17-24(21)28-26/h13-14,17-19,29H,5-12,15-16H2,1-4H3. The van der Waals surface area contributed by atoms with Crippen LogP contribution in [-0.4, -0.2) is 22.5 Å². The summed E-state index contributed by atoms with van der Waals surface area (Å²) in [5.41, 5.74) is 3.93. The molecule has 0 bridgehead atoms. The first-order valence-corrected chi connectivity index (χ1v) is 15.7. The second-order valence-electron chi connectivity index (χ2n) is 8.71. The molecule has 1 heterocycles. The molecule has 0 aliphatic heterocycles. The van der Waals surface area contributed by atoms with E-state index < -0.39 is 6.80 Å². The molecule has 0 radical (unpaired) electrons. The average molecular weight is 504 g/mol. The van der Waals surface area contributed by atoms with E-state index in [0.29, 0.717) is 17.7 Å². The maximum absolute atomic E-state index is 13.6. The van der Waals surface area contributed by atoms with Gasteiger partial charge in [0.2, 0.25) is 0 Å². The molecule has 0 fully saturated rings. The minimum atomic E-state index is -3.47. The number of nitrogens with zero attached hydrogens (tertiary/aromatic N) is 1. The Hall–Kier alpha value is -1.75. The summed E-state index contributed by atoms with van der Waals surface area (Å²) < 4.78 is 25.3. The Kier molecular flexibility index (Phi) is 10.1. The highest BCUT2D eigenvalue weighted by Crippen LogP contribution is 2.62. The Morgan fingerprint density at radius 2 is 1.76 bits per heavy atom. The van der Waals surface area contributed by atoms with Gasteiger partial charge < -0.3 is 9.63 Å². The number of aryl methyl sites for hydroxylation is 2. The van der Waals surface area contributed by atoms with E-state index in [-0.39, 0.29) is 11.5 Å². The number of pyridine rings is 1. The van der Waals surface area contributed by atoms with Crippen molar-refractivity contribution in [3.63, 3.8) is 0 Å². The maximum atomic E-state index is 13.6. The van der Waals surface area contributed by atoms with Crippen LogP contribution in [0.1, 0.15) is 77.3 Å². The molecule has 7 heteroatoms. The molecule has 2 aromatic carbocycles. The molecule has 3 rings (SSSR count). The first-order valence-electron chi connectivity index (χ1n) is 12.6. The first kappa shape index (κ1) is 26.8. The van der Waals surface area contributed by atoms with Crippen LogP contribution in [0.5, 0.6) is 11.5 Å². The number of phenolic OH excluding ortho intramolecular Hbond substituents is 1. The van der Waals surface area contributed by atoms with Crippen molar-refractivity contribution >= 4 is 40.0 Å². The van der Waals surface area contributed by atoms with Crippen LogP contribution in [0.4, 0.5) is 0 Å². The lowest BCUT2D eigenvalue weighted by Gasteiger charge is -2.20. The predicted octanol–water partition coefficient (Wildman–Crippen LogP) is 8.84. The van der Waals surface area contributed by atoms with E-state index in [1.807, 2.05) is 13.0 Å². The second kappa shape index (κ2) is 12.8. The van der Waals surface area contributed by atoms with E-state index >= 15 is 0 Å². The van der Waals surface area contributed by atoms with Gasteiger partial charge in [-0.1, -0.05) is 65.5 Å². The smallest absolute Gasteiger partial charge is 0.440 e. The number of unbranched alkanes of at least 4 members (excludes halogenated alkanes) is 2. The molecule has 0 aliphatic rings. The van der Waals surface area contributed by atoms with Gasteiger partial charge in [-0.3, -0.25) is 4.52 Å². The van der Waals surface area contributed by atoms with Gasteiger partial charge in [0.1, 0.15) is 0 Å². The minimum Gasteiger partial charge on any atom is -0.504 e. The number of hydrogen-bond acceptors (Lipinski definition) is 6. The highest BCUT2D eigenvalue weighted by atomic mass is 32.7. The van der Waals surface area contributed by atoms with Crippen molar-refractivity contribution < 1.29 is 18.7 Å². The van der Waals surface area contributed by atoms with Crippen LogP contribution in [0.25, 0.3) is 21.8 Å². The molecule has 1 N–H and O–H groups in total. The van der Waals surface area contributed by atoms with Crippen molar-refractivity contribution in [2.75, 3.05) is 12.4 Å². The highest BCUT2D eigenvalue weighted by molar-refractivity contribution is 8.55. The Morgan fingerprint density at radius 3 is 2.47 bits per heavy atom. The number of aromatic nitrogens is 1. The summed E-state index contributed by atoms with van der Waals surface area (Å²) in [5.74, 6) is 0.839. The molecule has 1 aromatic heterocycles. The van der Waals surface area contributed by atoms with Gasteiger partial charge >= 0.3 is 6.80 Å². The van der Waals surface area contributed by atoms with E-state index in [4.69, 9.17) is 14.0 Å². The van der Waals surface area contributed by atoms with Crippen molar-refractivity contribution in [1.82, 2.24) is 4.98 Å². The third kappa shape index (κ3) is 6.68. The molecule has 0 amide bonds. The third-order valence-electron chi connectivity index (χ3n) is 5.70. The van der Waals surface area contributed by atoms with E-state index in [1.54, 1.807) is 6.07 Å². The Balaban J connectivity index is 2.05. The van der Waals surface area contributed by atoms with Crippen molar-refractivity contribution in [3.05, 3.63) is 41.5 Å². The van der Waals surface area contributed by atoms with Crippen LogP contribution in [0.2, 0.25) is 0 Å². The van der Waals surface area contributed by atoms with Crippen molar-refractivity contribution in [1.29, 1.82) is 0 Å². The van der Waals surface area contributed by atoms with Gasteiger partial charge in [0.15, 0.2) is 11.5 Å². The van der Waals surface area contributed by atoms with E-state index in [2.05, 4.69) is 39.0 Å². The monoisotopic (exact) mass is 503 g/mol. The molecular formula is C27H38NO4PS. The van der Waals surface area contributed by atoms with E-state index in [1.165, 1.54) is 16.9 Å². The lowest BCUT2D eigenvalue weighted by molar-refractivity contribution is 0.271. The van der Waals surface area contributed by atoms with Crippen molar-refractivity contribution in [3.8, 4) is 11.5 Å². The second-order valence-corrected chi connectivity index (χ2v) is 12.8. The van der Waals surface area contributed by atoms with Crippen LogP contribution in [-0.2, 0) is 21.9 Å². The van der Waals surface area contributed by atoms with Gasteiger partial charge in [-0.2, -0.15) is 0 Å². The summed E-state index contributed by atoms with van der Waals surface area (Å²) in [6.45, 7) is 5.34. The Morgan fingerprint density at radius 1 is 0.971 bits per heavy atom. The number of hydrogen-bond donors (Lipinski definition) is 1. The van der Waals surface area contributed by atoms with Gasteiger partial charge in [-0.15, -0.1) is 0 Å². The molecule has 0 saturated carbocycles. The maximum Gasteiger partial charge on any atom is 0.440 e. The SMILES string of the molecule is CCCCCOP(=O)(Oc1cc(CCC)c2nc3cc(CCC)ccc3cc2c1O)SCCC. The molecule has 1 atom stereocenters. The summed E-state index contributed by atoms with van der Waals surface area (Å²) in [5, 5.41) is 12.8. The zero-order valence-electron chi connectivity index (χ0n) is 20.9. The van der Waals surface area contributed by atoms with Crippen LogP contribution < -0.4 is 4.52 Å². The fraction of sp³-hybridized carbons (Fsp3) is 0.519. The molecule has 1 unspecified atom stereocenters. The normalized spacial score (nSPS) is 13.4. The Bertz CT molecular complexity index is 1150. The number of fused-ring (bicyclic) bond motifs is 2. The number of benzene rings is 2. The van der Waals surface area contributed by atoms with Crippen LogP contribution in [0.15, 0.2) is 30.3 Å². The lowest BCUT2D eigenvalue weighted by Crippen LogP contribution is -2.00. The highest BCUT2D eigenvalue weighted by Gasteiger charge is 2.29. The topological polar surface area (TPSA) is 68.7 Å². The summed E-state index contributed by atoms with van der Waals surface area (Å²) in [7, 11) is 0. The number of phenols is 1. The average Bonchev–Trinajstić information content (AvgIpc) is 2.83. The van der Waals surface area contributed by atoms with Crippen LogP contribution in [0.3, 0.4) is 0 Å². The van der Waals surface area contributed by atoms with Crippen molar-refractivity contribution in [2.45, 2.75) is 79.1 Å². The molecule has 5 nitrogen and oxygen atoms in total. The van der Waals surface area contributed by atoms with Gasteiger partial charge in [-0.05, 0) is 66.4 Å². The number of rotatable bonds is 14. The molecule has 186 valence electrons. The van der Waals surface area contributed by atoms with E-state index in [9.17, 15) is 9.67 Å². The molecule has 3 aromatic rings. The molecular weight excluding hydrogens is 465 g/mol. The summed E-state index contributed by atoms with van der Waals surface area (Å²) in [6.07, 6.45) is 7.56. The fourth-order valence-corrected chi connectivity index (χ4v) is 7.36.